The summed E-state index contributed by atoms with van der Waals surface area (Å²) in [6.45, 7) is 4.21. The van der Waals surface area contributed by atoms with Crippen LogP contribution in [0, 0.1) is 0 Å². The average Bonchev–Trinajstić information content (AvgIpc) is 2.35. The predicted octanol–water partition coefficient (Wildman–Crippen LogP) is 0.246. The summed E-state index contributed by atoms with van der Waals surface area (Å²) in [6.07, 6.45) is 3.32. The minimum Gasteiger partial charge on any atom is -0.383 e. The Morgan fingerprint density at radius 1 is 1.26 bits per heavy atom. The van der Waals surface area contributed by atoms with Gasteiger partial charge >= 0.3 is 5.69 Å². The number of nitrogens with two attached hydrogens (primary N) is 1. The molecule has 0 radical (unpaired) electrons. The Kier molecular flexibility index (Phi) is 3.66. The molecule has 0 aliphatic carbocycles. The SMILES string of the molecule is CC1CCCC(C)N1Nc1c(N)n(C)c(=O)[nH]c1=O. The number of H-pyrrole nitrogens is 1. The van der Waals surface area contributed by atoms with E-state index in [0.29, 0.717) is 12.1 Å². The Morgan fingerprint density at radius 2 is 1.84 bits per heavy atom. The van der Waals surface area contributed by atoms with Gasteiger partial charge in [-0.3, -0.25) is 14.3 Å². The number of anilines is 2. The van der Waals surface area contributed by atoms with Gasteiger partial charge in [-0.05, 0) is 26.7 Å². The molecule has 1 aliphatic rings. The van der Waals surface area contributed by atoms with Crippen molar-refractivity contribution in [1.82, 2.24) is 14.6 Å². The zero-order valence-electron chi connectivity index (χ0n) is 11.6. The number of aromatic nitrogens is 2. The molecule has 1 aromatic rings. The second-order valence-corrected chi connectivity index (χ2v) is 5.23. The maximum absolute atomic E-state index is 11.9. The molecule has 0 bridgehead atoms. The number of nitrogens with one attached hydrogen (secondary N) is 2. The van der Waals surface area contributed by atoms with Crippen molar-refractivity contribution in [2.75, 3.05) is 11.2 Å². The maximum atomic E-state index is 11.9. The van der Waals surface area contributed by atoms with Gasteiger partial charge < -0.3 is 11.2 Å². The highest BCUT2D eigenvalue weighted by atomic mass is 16.2. The molecule has 19 heavy (non-hydrogen) atoms. The van der Waals surface area contributed by atoms with Gasteiger partial charge in [0.15, 0.2) is 5.69 Å². The van der Waals surface area contributed by atoms with Crippen LogP contribution < -0.4 is 22.4 Å². The standard InChI is InChI=1S/C12H21N5O2/c1-7-5-4-6-8(2)17(7)15-9-10(13)16(3)12(19)14-11(9)18/h7-8,15H,4-6,13H2,1-3H3,(H,14,18,19). The fourth-order valence-corrected chi connectivity index (χ4v) is 2.52. The lowest BCUT2D eigenvalue weighted by atomic mass is 10.00. The van der Waals surface area contributed by atoms with Crippen molar-refractivity contribution in [2.24, 2.45) is 7.05 Å². The van der Waals surface area contributed by atoms with Gasteiger partial charge in [-0.2, -0.15) is 0 Å². The van der Waals surface area contributed by atoms with Gasteiger partial charge in [-0.1, -0.05) is 6.42 Å². The summed E-state index contributed by atoms with van der Waals surface area (Å²) in [6, 6.07) is 0.638. The number of aromatic amines is 1. The number of nitrogen functional groups attached to an aromatic ring is 1. The Hall–Kier alpha value is -1.76. The van der Waals surface area contributed by atoms with E-state index >= 15 is 0 Å². The molecule has 4 N–H and O–H groups in total. The summed E-state index contributed by atoms with van der Waals surface area (Å²) >= 11 is 0. The van der Waals surface area contributed by atoms with E-state index in [4.69, 9.17) is 5.73 Å². The molecule has 1 fully saturated rings. The predicted molar refractivity (Wildman–Crippen MR) is 75.0 cm³/mol. The zero-order valence-corrected chi connectivity index (χ0v) is 11.6. The number of hydrogen-bond acceptors (Lipinski definition) is 5. The normalized spacial score (nSPS) is 24.4. The number of piperidine rings is 1. The first-order valence-corrected chi connectivity index (χ1v) is 6.55. The summed E-state index contributed by atoms with van der Waals surface area (Å²) in [5.74, 6) is 0.152. The van der Waals surface area contributed by atoms with Crippen molar-refractivity contribution in [3.63, 3.8) is 0 Å². The molecular formula is C12H21N5O2. The highest BCUT2D eigenvalue weighted by Gasteiger charge is 2.26. The molecule has 2 rings (SSSR count). The molecule has 0 spiro atoms. The largest absolute Gasteiger partial charge is 0.383 e. The summed E-state index contributed by atoms with van der Waals surface area (Å²) in [7, 11) is 1.53. The van der Waals surface area contributed by atoms with Gasteiger partial charge in [-0.25, -0.2) is 9.80 Å². The lowest BCUT2D eigenvalue weighted by Crippen LogP contribution is -2.49. The molecule has 7 heteroatoms. The molecule has 2 unspecified atom stereocenters. The average molecular weight is 267 g/mol. The van der Waals surface area contributed by atoms with Crippen LogP contribution in [-0.2, 0) is 7.05 Å². The minimum atomic E-state index is -0.507. The Labute approximate surface area is 111 Å². The first kappa shape index (κ1) is 13.7. The molecule has 1 saturated heterocycles. The van der Waals surface area contributed by atoms with Crippen molar-refractivity contribution in [3.8, 4) is 0 Å². The van der Waals surface area contributed by atoms with E-state index in [-0.39, 0.29) is 11.5 Å². The van der Waals surface area contributed by atoms with Crippen LogP contribution in [-0.4, -0.2) is 26.6 Å². The van der Waals surface area contributed by atoms with E-state index in [1.807, 2.05) is 5.01 Å². The monoisotopic (exact) mass is 267 g/mol. The van der Waals surface area contributed by atoms with Crippen molar-refractivity contribution in [1.29, 1.82) is 0 Å². The van der Waals surface area contributed by atoms with Crippen molar-refractivity contribution < 1.29 is 0 Å². The third-order valence-electron chi connectivity index (χ3n) is 3.80. The summed E-state index contributed by atoms with van der Waals surface area (Å²) in [5.41, 5.74) is 8.19. The van der Waals surface area contributed by atoms with E-state index < -0.39 is 11.2 Å². The number of rotatable bonds is 2. The van der Waals surface area contributed by atoms with Crippen LogP contribution in [0.15, 0.2) is 9.59 Å². The highest BCUT2D eigenvalue weighted by Crippen LogP contribution is 2.23. The van der Waals surface area contributed by atoms with E-state index in [2.05, 4.69) is 24.3 Å². The Bertz CT molecular complexity index is 566. The smallest absolute Gasteiger partial charge is 0.329 e. The van der Waals surface area contributed by atoms with E-state index in [1.165, 1.54) is 18.0 Å². The van der Waals surface area contributed by atoms with Crippen LogP contribution in [0.2, 0.25) is 0 Å². The second-order valence-electron chi connectivity index (χ2n) is 5.23. The minimum absolute atomic E-state index is 0.152. The first-order valence-electron chi connectivity index (χ1n) is 6.55. The quantitative estimate of drug-likeness (QED) is 0.713. The topological polar surface area (TPSA) is 96.2 Å². The third kappa shape index (κ3) is 2.51. The zero-order chi connectivity index (χ0) is 14.2. The van der Waals surface area contributed by atoms with Gasteiger partial charge in [-0.15, -0.1) is 0 Å². The lowest BCUT2D eigenvalue weighted by molar-refractivity contribution is 0.135. The fraction of sp³-hybridized carbons (Fsp3) is 0.667. The van der Waals surface area contributed by atoms with Crippen molar-refractivity contribution >= 4 is 11.5 Å². The van der Waals surface area contributed by atoms with Crippen LogP contribution in [0.1, 0.15) is 33.1 Å². The molecule has 2 atom stereocenters. The lowest BCUT2D eigenvalue weighted by Gasteiger charge is -2.39. The maximum Gasteiger partial charge on any atom is 0.329 e. The van der Waals surface area contributed by atoms with E-state index in [0.717, 1.165) is 12.8 Å². The van der Waals surface area contributed by atoms with Gasteiger partial charge in [0, 0.05) is 19.1 Å². The molecule has 106 valence electrons. The number of hydrazine groups is 1. The molecule has 1 aliphatic heterocycles. The highest BCUT2D eigenvalue weighted by molar-refractivity contribution is 5.59. The van der Waals surface area contributed by atoms with Crippen LogP contribution in [0.25, 0.3) is 0 Å². The van der Waals surface area contributed by atoms with Gasteiger partial charge in [0.1, 0.15) is 5.82 Å². The molecule has 0 aromatic carbocycles. The number of nitrogens with zero attached hydrogens (tertiary/aromatic N) is 2. The molecule has 7 nitrogen and oxygen atoms in total. The van der Waals surface area contributed by atoms with Crippen molar-refractivity contribution in [2.45, 2.75) is 45.2 Å². The second kappa shape index (κ2) is 5.08. The summed E-state index contributed by atoms with van der Waals surface area (Å²) in [5, 5.41) is 2.04. The van der Waals surface area contributed by atoms with Gasteiger partial charge in [0.2, 0.25) is 0 Å². The van der Waals surface area contributed by atoms with Crippen LogP contribution in [0.5, 0.6) is 0 Å². The molecule has 0 saturated carbocycles. The Morgan fingerprint density at radius 3 is 2.42 bits per heavy atom. The Balaban J connectivity index is 2.36. The number of hydrogen-bond donors (Lipinski definition) is 3. The first-order chi connectivity index (χ1) is 8.91. The molecule has 1 aromatic heterocycles. The van der Waals surface area contributed by atoms with Crippen molar-refractivity contribution in [3.05, 3.63) is 20.8 Å². The van der Waals surface area contributed by atoms with E-state index in [9.17, 15) is 9.59 Å². The van der Waals surface area contributed by atoms with Crippen LogP contribution >= 0.6 is 0 Å². The fourth-order valence-electron chi connectivity index (χ4n) is 2.52. The van der Waals surface area contributed by atoms with E-state index in [1.54, 1.807) is 0 Å². The molecular weight excluding hydrogens is 246 g/mol. The third-order valence-corrected chi connectivity index (χ3v) is 3.80. The molecule has 0 amide bonds. The van der Waals surface area contributed by atoms with Crippen LogP contribution in [0.4, 0.5) is 11.5 Å². The summed E-state index contributed by atoms with van der Waals surface area (Å²) in [4.78, 5) is 25.5. The molecule has 2 heterocycles. The van der Waals surface area contributed by atoms with Crippen LogP contribution in [0.3, 0.4) is 0 Å². The van der Waals surface area contributed by atoms with Gasteiger partial charge in [0.25, 0.3) is 5.56 Å². The van der Waals surface area contributed by atoms with Gasteiger partial charge in [0.05, 0.1) is 0 Å². The summed E-state index contributed by atoms with van der Waals surface area (Å²) < 4.78 is 1.23.